The molecule has 0 saturated carbocycles. The average Bonchev–Trinajstić information content (AvgIpc) is 2.55. The summed E-state index contributed by atoms with van der Waals surface area (Å²) in [4.78, 5) is 12.1. The lowest BCUT2D eigenvalue weighted by molar-refractivity contribution is -0.115. The summed E-state index contributed by atoms with van der Waals surface area (Å²) in [6.45, 7) is 4.33. The van der Waals surface area contributed by atoms with E-state index in [4.69, 9.17) is 0 Å². The molecular weight excluding hydrogens is 270 g/mol. The summed E-state index contributed by atoms with van der Waals surface area (Å²) < 4.78 is 0. The quantitative estimate of drug-likeness (QED) is 0.783. The van der Waals surface area contributed by atoms with E-state index in [2.05, 4.69) is 43.4 Å². The fourth-order valence-electron chi connectivity index (χ4n) is 2.42. The van der Waals surface area contributed by atoms with E-state index in [-0.39, 0.29) is 5.91 Å². The lowest BCUT2D eigenvalue weighted by Gasteiger charge is -2.07. The van der Waals surface area contributed by atoms with Crippen molar-refractivity contribution in [2.45, 2.75) is 46.0 Å². The number of hydrogen-bond donors (Lipinski definition) is 1. The lowest BCUT2D eigenvalue weighted by atomic mass is 10.1. The molecule has 0 aromatic heterocycles. The summed E-state index contributed by atoms with van der Waals surface area (Å²) in [7, 11) is 0. The summed E-state index contributed by atoms with van der Waals surface area (Å²) in [5, 5.41) is 2.96. The van der Waals surface area contributed by atoms with Crippen LogP contribution in [0.1, 0.15) is 43.4 Å². The molecule has 22 heavy (non-hydrogen) atoms. The molecule has 2 heteroatoms. The van der Waals surface area contributed by atoms with Crippen LogP contribution in [0.3, 0.4) is 0 Å². The molecule has 2 nitrogen and oxygen atoms in total. The molecule has 0 bridgehead atoms. The summed E-state index contributed by atoms with van der Waals surface area (Å²) >= 11 is 0. The first-order valence-electron chi connectivity index (χ1n) is 8.18. The minimum absolute atomic E-state index is 0.0329. The van der Waals surface area contributed by atoms with Crippen molar-refractivity contribution in [2.75, 3.05) is 5.32 Å². The van der Waals surface area contributed by atoms with E-state index in [1.54, 1.807) is 0 Å². The van der Waals surface area contributed by atoms with Crippen LogP contribution in [0.25, 0.3) is 0 Å². The van der Waals surface area contributed by atoms with Gasteiger partial charge in [-0.3, -0.25) is 4.79 Å². The van der Waals surface area contributed by atoms with Crippen molar-refractivity contribution in [3.63, 3.8) is 0 Å². The predicted molar refractivity (Wildman–Crippen MR) is 93.2 cm³/mol. The van der Waals surface area contributed by atoms with Crippen molar-refractivity contribution in [3.8, 4) is 0 Å². The summed E-state index contributed by atoms with van der Waals surface area (Å²) in [6, 6.07) is 16.4. The van der Waals surface area contributed by atoms with Gasteiger partial charge in [-0.2, -0.15) is 0 Å². The Hall–Kier alpha value is -2.09. The van der Waals surface area contributed by atoms with Crippen LogP contribution < -0.4 is 5.32 Å². The number of carbonyl (C=O) groups is 1. The maximum Gasteiger partial charge on any atom is 0.228 e. The molecule has 116 valence electrons. The smallest absolute Gasteiger partial charge is 0.228 e. The first-order chi connectivity index (χ1) is 10.7. The number of aryl methyl sites for hydroxylation is 2. The van der Waals surface area contributed by atoms with Gasteiger partial charge in [0.15, 0.2) is 0 Å². The molecule has 0 aliphatic rings. The van der Waals surface area contributed by atoms with Gasteiger partial charge in [0.25, 0.3) is 0 Å². The van der Waals surface area contributed by atoms with Crippen LogP contribution in [0, 0.1) is 0 Å². The largest absolute Gasteiger partial charge is 0.326 e. The number of anilines is 1. The predicted octanol–water partition coefficient (Wildman–Crippen LogP) is 4.77. The number of hydrogen-bond acceptors (Lipinski definition) is 1. The van der Waals surface area contributed by atoms with E-state index in [0.717, 1.165) is 24.1 Å². The van der Waals surface area contributed by atoms with Gasteiger partial charge in [-0.05, 0) is 48.1 Å². The number of carbonyl (C=O) groups excluding carboxylic acids is 1. The topological polar surface area (TPSA) is 29.1 Å². The number of benzene rings is 2. The van der Waals surface area contributed by atoms with Gasteiger partial charge in [0.2, 0.25) is 5.91 Å². The Labute approximate surface area is 133 Å². The Morgan fingerprint density at radius 2 is 1.45 bits per heavy atom. The van der Waals surface area contributed by atoms with Crippen molar-refractivity contribution in [1.82, 2.24) is 0 Å². The SMILES string of the molecule is CCCCc1ccc(NC(=O)Cc2ccc(CC)cc2)cc1. The minimum Gasteiger partial charge on any atom is -0.326 e. The third kappa shape index (κ3) is 5.03. The van der Waals surface area contributed by atoms with Gasteiger partial charge in [0.1, 0.15) is 0 Å². The van der Waals surface area contributed by atoms with Crippen molar-refractivity contribution in [2.24, 2.45) is 0 Å². The lowest BCUT2D eigenvalue weighted by Crippen LogP contribution is -2.14. The second-order valence-electron chi connectivity index (χ2n) is 5.70. The highest BCUT2D eigenvalue weighted by atomic mass is 16.1. The summed E-state index contributed by atoms with van der Waals surface area (Å²) in [6.07, 6.45) is 4.96. The highest BCUT2D eigenvalue weighted by molar-refractivity contribution is 5.92. The highest BCUT2D eigenvalue weighted by Gasteiger charge is 2.04. The fraction of sp³-hybridized carbons (Fsp3) is 0.350. The standard InChI is InChI=1S/C20H25NO/c1-3-5-6-17-11-13-19(14-12-17)21-20(22)15-18-9-7-16(4-2)8-10-18/h7-14H,3-6,15H2,1-2H3,(H,21,22). The van der Waals surface area contributed by atoms with Gasteiger partial charge < -0.3 is 5.32 Å². The summed E-state index contributed by atoms with van der Waals surface area (Å²) in [5.41, 5.74) is 4.55. The molecule has 1 amide bonds. The Kier molecular flexibility index (Phi) is 6.20. The molecule has 2 rings (SSSR count). The Morgan fingerprint density at radius 3 is 2.05 bits per heavy atom. The molecular formula is C20H25NO. The molecule has 2 aromatic carbocycles. The van der Waals surface area contributed by atoms with Crippen LogP contribution in [0.2, 0.25) is 0 Å². The van der Waals surface area contributed by atoms with Gasteiger partial charge in [-0.15, -0.1) is 0 Å². The van der Waals surface area contributed by atoms with Crippen LogP contribution in [0.4, 0.5) is 5.69 Å². The van der Waals surface area contributed by atoms with Crippen LogP contribution in [0.5, 0.6) is 0 Å². The zero-order valence-electron chi connectivity index (χ0n) is 13.6. The first-order valence-corrected chi connectivity index (χ1v) is 8.18. The average molecular weight is 295 g/mol. The number of nitrogens with one attached hydrogen (secondary N) is 1. The van der Waals surface area contributed by atoms with E-state index < -0.39 is 0 Å². The summed E-state index contributed by atoms with van der Waals surface area (Å²) in [5.74, 6) is 0.0329. The van der Waals surface area contributed by atoms with Crippen molar-refractivity contribution >= 4 is 11.6 Å². The Morgan fingerprint density at radius 1 is 0.864 bits per heavy atom. The van der Waals surface area contributed by atoms with Gasteiger partial charge in [-0.25, -0.2) is 0 Å². The number of rotatable bonds is 7. The van der Waals surface area contributed by atoms with Gasteiger partial charge in [0.05, 0.1) is 6.42 Å². The second kappa shape index (κ2) is 8.38. The molecule has 0 aliphatic heterocycles. The minimum atomic E-state index is 0.0329. The van der Waals surface area contributed by atoms with Crippen molar-refractivity contribution in [1.29, 1.82) is 0 Å². The molecule has 1 N–H and O–H groups in total. The van der Waals surface area contributed by atoms with Gasteiger partial charge >= 0.3 is 0 Å². The second-order valence-corrected chi connectivity index (χ2v) is 5.70. The number of unbranched alkanes of at least 4 members (excludes halogenated alkanes) is 1. The Bertz CT molecular complexity index is 584. The monoisotopic (exact) mass is 295 g/mol. The maximum absolute atomic E-state index is 12.1. The zero-order valence-corrected chi connectivity index (χ0v) is 13.6. The molecule has 0 radical (unpaired) electrons. The molecule has 0 fully saturated rings. The number of amides is 1. The van der Waals surface area contributed by atoms with E-state index in [0.29, 0.717) is 6.42 Å². The van der Waals surface area contributed by atoms with Crippen LogP contribution in [0.15, 0.2) is 48.5 Å². The first kappa shape index (κ1) is 16.3. The molecule has 2 aromatic rings. The third-order valence-electron chi connectivity index (χ3n) is 3.85. The zero-order chi connectivity index (χ0) is 15.8. The fourth-order valence-corrected chi connectivity index (χ4v) is 2.42. The third-order valence-corrected chi connectivity index (χ3v) is 3.85. The van der Waals surface area contributed by atoms with Gasteiger partial charge in [0, 0.05) is 5.69 Å². The van der Waals surface area contributed by atoms with Gasteiger partial charge in [-0.1, -0.05) is 56.7 Å². The van der Waals surface area contributed by atoms with Crippen LogP contribution in [-0.4, -0.2) is 5.91 Å². The molecule has 0 heterocycles. The van der Waals surface area contributed by atoms with Crippen molar-refractivity contribution < 1.29 is 4.79 Å². The maximum atomic E-state index is 12.1. The van der Waals surface area contributed by atoms with E-state index in [1.165, 1.54) is 24.0 Å². The molecule has 0 atom stereocenters. The highest BCUT2D eigenvalue weighted by Crippen LogP contribution is 2.13. The van der Waals surface area contributed by atoms with E-state index in [9.17, 15) is 4.79 Å². The van der Waals surface area contributed by atoms with E-state index in [1.807, 2.05) is 24.3 Å². The molecule has 0 aliphatic carbocycles. The van der Waals surface area contributed by atoms with Crippen LogP contribution in [-0.2, 0) is 24.1 Å². The molecule has 0 spiro atoms. The Balaban J connectivity index is 1.88. The van der Waals surface area contributed by atoms with E-state index >= 15 is 0 Å². The van der Waals surface area contributed by atoms with Crippen molar-refractivity contribution in [3.05, 3.63) is 65.2 Å². The normalized spacial score (nSPS) is 10.5. The van der Waals surface area contributed by atoms with Crippen LogP contribution >= 0.6 is 0 Å². The molecule has 0 unspecified atom stereocenters. The molecule has 0 saturated heterocycles.